The van der Waals surface area contributed by atoms with Gasteiger partial charge in [-0.25, -0.2) is 4.79 Å². The van der Waals surface area contributed by atoms with E-state index in [0.29, 0.717) is 15.9 Å². The molecule has 1 heterocycles. The Morgan fingerprint density at radius 2 is 2.13 bits per heavy atom. The Balaban J connectivity index is 2.19. The van der Waals surface area contributed by atoms with Crippen molar-refractivity contribution in [1.29, 1.82) is 0 Å². The van der Waals surface area contributed by atoms with Gasteiger partial charge in [-0.1, -0.05) is 0 Å². The molecule has 0 aromatic heterocycles. The SMILES string of the molecule is CN1C(=O)[C@@H](NC(=O)OC(C)(C)C)CSc2cc(Br)c(O)cc21. The number of fused-ring (bicyclic) bond motifs is 1. The van der Waals surface area contributed by atoms with Crippen molar-refractivity contribution in [3.05, 3.63) is 16.6 Å². The van der Waals surface area contributed by atoms with E-state index in [4.69, 9.17) is 4.74 Å². The number of rotatable bonds is 1. The summed E-state index contributed by atoms with van der Waals surface area (Å²) in [5.41, 5.74) is -0.0227. The minimum atomic E-state index is -0.701. The molecule has 1 atom stereocenters. The highest BCUT2D eigenvalue weighted by Gasteiger charge is 2.31. The average molecular weight is 403 g/mol. The van der Waals surface area contributed by atoms with Gasteiger partial charge in [0.05, 0.1) is 10.2 Å². The predicted molar refractivity (Wildman–Crippen MR) is 93.1 cm³/mol. The maximum atomic E-state index is 12.6. The number of likely N-dealkylation sites (N-methyl/N-ethyl adjacent to an activating group) is 1. The first-order valence-corrected chi connectivity index (χ1v) is 8.79. The molecule has 1 aliphatic rings. The zero-order valence-corrected chi connectivity index (χ0v) is 15.7. The van der Waals surface area contributed by atoms with Crippen LogP contribution in [0.5, 0.6) is 5.75 Å². The number of halogens is 1. The van der Waals surface area contributed by atoms with Gasteiger partial charge in [-0.15, -0.1) is 11.8 Å². The summed E-state index contributed by atoms with van der Waals surface area (Å²) in [7, 11) is 1.62. The largest absolute Gasteiger partial charge is 0.507 e. The average Bonchev–Trinajstić information content (AvgIpc) is 2.51. The maximum Gasteiger partial charge on any atom is 0.408 e. The predicted octanol–water partition coefficient (Wildman–Crippen LogP) is 3.12. The van der Waals surface area contributed by atoms with Crippen LogP contribution in [0.1, 0.15) is 20.8 Å². The van der Waals surface area contributed by atoms with Crippen molar-refractivity contribution in [2.75, 3.05) is 17.7 Å². The number of phenolic OH excluding ortho intramolecular Hbond substituents is 1. The molecule has 0 radical (unpaired) electrons. The molecule has 6 nitrogen and oxygen atoms in total. The first-order chi connectivity index (χ1) is 10.6. The summed E-state index contributed by atoms with van der Waals surface area (Å²) < 4.78 is 5.76. The fourth-order valence-electron chi connectivity index (χ4n) is 2.06. The van der Waals surface area contributed by atoms with E-state index in [1.165, 1.54) is 22.7 Å². The molecular weight excluding hydrogens is 384 g/mol. The summed E-state index contributed by atoms with van der Waals surface area (Å²) in [6, 6.07) is 2.59. The van der Waals surface area contributed by atoms with Gasteiger partial charge in [-0.3, -0.25) is 4.79 Å². The van der Waals surface area contributed by atoms with Gasteiger partial charge in [0, 0.05) is 23.8 Å². The van der Waals surface area contributed by atoms with Crippen LogP contribution in [0.25, 0.3) is 0 Å². The molecule has 1 aromatic carbocycles. The number of carbonyl (C=O) groups excluding carboxylic acids is 2. The van der Waals surface area contributed by atoms with Gasteiger partial charge in [0.25, 0.3) is 0 Å². The number of thioether (sulfide) groups is 1. The first kappa shape index (κ1) is 17.9. The minimum Gasteiger partial charge on any atom is -0.507 e. The first-order valence-electron chi connectivity index (χ1n) is 7.01. The second-order valence-electron chi connectivity index (χ2n) is 6.18. The van der Waals surface area contributed by atoms with Crippen molar-refractivity contribution >= 4 is 45.4 Å². The van der Waals surface area contributed by atoms with Crippen LogP contribution in [0.15, 0.2) is 21.5 Å². The van der Waals surface area contributed by atoms with E-state index >= 15 is 0 Å². The van der Waals surface area contributed by atoms with E-state index in [2.05, 4.69) is 21.2 Å². The highest BCUT2D eigenvalue weighted by atomic mass is 79.9. The van der Waals surface area contributed by atoms with Crippen molar-refractivity contribution in [3.63, 3.8) is 0 Å². The Kier molecular flexibility index (Phi) is 5.15. The van der Waals surface area contributed by atoms with Crippen LogP contribution in [0.4, 0.5) is 10.5 Å². The molecule has 23 heavy (non-hydrogen) atoms. The molecule has 0 spiro atoms. The van der Waals surface area contributed by atoms with Crippen LogP contribution in [0.2, 0.25) is 0 Å². The Morgan fingerprint density at radius 3 is 2.74 bits per heavy atom. The number of benzene rings is 1. The third-order valence-corrected chi connectivity index (χ3v) is 4.89. The Morgan fingerprint density at radius 1 is 1.48 bits per heavy atom. The van der Waals surface area contributed by atoms with Crippen molar-refractivity contribution < 1.29 is 19.4 Å². The van der Waals surface area contributed by atoms with Gasteiger partial charge in [0.15, 0.2) is 0 Å². The lowest BCUT2D eigenvalue weighted by atomic mass is 10.2. The molecule has 2 rings (SSSR count). The van der Waals surface area contributed by atoms with E-state index in [1.54, 1.807) is 33.9 Å². The van der Waals surface area contributed by atoms with Gasteiger partial charge in [0.2, 0.25) is 5.91 Å². The third kappa shape index (κ3) is 4.32. The molecule has 1 aromatic rings. The number of hydrogen-bond acceptors (Lipinski definition) is 5. The van der Waals surface area contributed by atoms with Gasteiger partial charge in [-0.05, 0) is 42.8 Å². The molecule has 0 saturated heterocycles. The molecule has 0 aliphatic carbocycles. The lowest BCUT2D eigenvalue weighted by Crippen LogP contribution is -2.49. The van der Waals surface area contributed by atoms with Crippen molar-refractivity contribution in [3.8, 4) is 5.75 Å². The van der Waals surface area contributed by atoms with E-state index in [-0.39, 0.29) is 11.7 Å². The molecule has 0 saturated carbocycles. The van der Waals surface area contributed by atoms with Crippen LogP contribution in [0.3, 0.4) is 0 Å². The van der Waals surface area contributed by atoms with Crippen molar-refractivity contribution in [2.45, 2.75) is 37.3 Å². The number of aromatic hydroxyl groups is 1. The van der Waals surface area contributed by atoms with E-state index in [9.17, 15) is 14.7 Å². The monoisotopic (exact) mass is 402 g/mol. The highest BCUT2D eigenvalue weighted by Crippen LogP contribution is 2.40. The summed E-state index contributed by atoms with van der Waals surface area (Å²) in [6.07, 6.45) is -0.625. The third-order valence-electron chi connectivity index (χ3n) is 3.11. The second kappa shape index (κ2) is 6.60. The number of amides is 2. The molecular formula is C15H19BrN2O4S. The molecule has 1 aliphatic heterocycles. The smallest absolute Gasteiger partial charge is 0.408 e. The fourth-order valence-corrected chi connectivity index (χ4v) is 3.67. The van der Waals surface area contributed by atoms with Gasteiger partial charge < -0.3 is 20.1 Å². The highest BCUT2D eigenvalue weighted by molar-refractivity contribution is 9.10. The second-order valence-corrected chi connectivity index (χ2v) is 8.09. The van der Waals surface area contributed by atoms with Crippen LogP contribution in [0, 0.1) is 0 Å². The number of alkyl carbamates (subject to hydrolysis) is 1. The molecule has 0 bridgehead atoms. The van der Waals surface area contributed by atoms with Crippen molar-refractivity contribution in [1.82, 2.24) is 5.32 Å². The number of nitrogens with zero attached hydrogens (tertiary/aromatic N) is 1. The van der Waals surface area contributed by atoms with Crippen LogP contribution in [-0.2, 0) is 9.53 Å². The maximum absolute atomic E-state index is 12.6. The summed E-state index contributed by atoms with van der Waals surface area (Å²) in [4.78, 5) is 26.7. The van der Waals surface area contributed by atoms with Crippen LogP contribution in [-0.4, -0.2) is 41.6 Å². The number of carbonyl (C=O) groups is 2. The standard InChI is InChI=1S/C15H19BrN2O4S/c1-15(2,3)22-14(21)17-9-7-23-12-5-8(16)11(19)6-10(12)18(4)13(9)20/h5-6,9,19H,7H2,1-4H3,(H,17,21)/t9-/m0/s1. The molecule has 0 fully saturated rings. The summed E-state index contributed by atoms with van der Waals surface area (Å²) in [5, 5.41) is 12.4. The fraction of sp³-hybridized carbons (Fsp3) is 0.467. The lowest BCUT2D eigenvalue weighted by Gasteiger charge is -2.24. The van der Waals surface area contributed by atoms with Gasteiger partial charge in [-0.2, -0.15) is 0 Å². The Bertz CT molecular complexity index is 645. The number of phenols is 1. The number of anilines is 1. The number of nitrogens with one attached hydrogen (secondary N) is 1. The topological polar surface area (TPSA) is 78.9 Å². The zero-order valence-electron chi connectivity index (χ0n) is 13.3. The summed E-state index contributed by atoms with van der Waals surface area (Å²) >= 11 is 4.70. The summed E-state index contributed by atoms with van der Waals surface area (Å²) in [5.74, 6) is 0.179. The number of ether oxygens (including phenoxy) is 1. The molecule has 0 unspecified atom stereocenters. The van der Waals surface area contributed by atoms with Crippen LogP contribution >= 0.6 is 27.7 Å². The normalized spacial score (nSPS) is 18.2. The van der Waals surface area contributed by atoms with Gasteiger partial charge >= 0.3 is 6.09 Å². The van der Waals surface area contributed by atoms with E-state index in [0.717, 1.165) is 4.90 Å². The summed E-state index contributed by atoms with van der Waals surface area (Å²) in [6.45, 7) is 5.29. The number of hydrogen-bond donors (Lipinski definition) is 2. The molecule has 8 heteroatoms. The van der Waals surface area contributed by atoms with E-state index in [1.807, 2.05) is 0 Å². The molecule has 2 amide bonds. The van der Waals surface area contributed by atoms with E-state index < -0.39 is 17.7 Å². The lowest BCUT2D eigenvalue weighted by molar-refractivity contribution is -0.119. The quantitative estimate of drug-likeness (QED) is 0.754. The van der Waals surface area contributed by atoms with Gasteiger partial charge in [0.1, 0.15) is 17.4 Å². The Hall–Kier alpha value is -1.41. The Labute approximate surface area is 147 Å². The van der Waals surface area contributed by atoms with Crippen LogP contribution < -0.4 is 10.2 Å². The molecule has 126 valence electrons. The zero-order chi connectivity index (χ0) is 17.4. The van der Waals surface area contributed by atoms with Crippen molar-refractivity contribution in [2.24, 2.45) is 0 Å². The molecule has 2 N–H and O–H groups in total. The minimum absolute atomic E-state index is 0.0579.